The number of pyridine rings is 1. The first kappa shape index (κ1) is 24.8. The monoisotopic (exact) mass is 525 g/mol. The summed E-state index contributed by atoms with van der Waals surface area (Å²) in [5.41, 5.74) is 4.50. The van der Waals surface area contributed by atoms with Gasteiger partial charge in [0.1, 0.15) is 0 Å². The van der Waals surface area contributed by atoms with Crippen molar-refractivity contribution in [3.8, 4) is 16.9 Å². The van der Waals surface area contributed by atoms with E-state index in [1.807, 2.05) is 68.7 Å². The fourth-order valence-corrected chi connectivity index (χ4v) is 4.84. The number of thiazole rings is 1. The number of aromatic nitrogens is 4. The van der Waals surface area contributed by atoms with E-state index in [0.717, 1.165) is 16.8 Å². The number of nitrogens with zero attached hydrogens (tertiary/aromatic N) is 7. The molecule has 11 heteroatoms. The lowest BCUT2D eigenvalue weighted by Crippen LogP contribution is -2.20. The average Bonchev–Trinajstić information content (AvgIpc) is 3.42. The third-order valence-electron chi connectivity index (χ3n) is 6.14. The van der Waals surface area contributed by atoms with E-state index < -0.39 is 4.92 Å². The van der Waals surface area contributed by atoms with Gasteiger partial charge in [-0.15, -0.1) is 11.3 Å². The maximum absolute atomic E-state index is 13.5. The van der Waals surface area contributed by atoms with Crippen LogP contribution in [0.1, 0.15) is 18.2 Å². The topological polar surface area (TPSA) is 113 Å². The Kier molecular flexibility index (Phi) is 6.67. The van der Waals surface area contributed by atoms with E-state index in [-0.39, 0.29) is 11.2 Å². The number of rotatable bonds is 6. The standard InChI is InChI=1S/C27H23N7O3S/c1-18(20-13-15-28-16-14-20)30-32-24(21-9-11-23(12-10-21)34(36)37)17-38-27(32)29-25-19(2)31(3)33(26(25)35)22-7-5-4-6-8-22/h4-17H,1-3H3. The molecule has 0 saturated carbocycles. The molecule has 3 aromatic heterocycles. The number of non-ortho nitro benzene ring substituents is 1. The Hall–Kier alpha value is -4.90. The van der Waals surface area contributed by atoms with Crippen LogP contribution in [0.4, 0.5) is 11.4 Å². The van der Waals surface area contributed by atoms with Crippen molar-refractivity contribution in [3.63, 3.8) is 0 Å². The van der Waals surface area contributed by atoms with Crippen molar-refractivity contribution in [2.45, 2.75) is 13.8 Å². The Morgan fingerprint density at radius 2 is 1.71 bits per heavy atom. The summed E-state index contributed by atoms with van der Waals surface area (Å²) in [6, 6.07) is 19.3. The molecule has 0 spiro atoms. The molecule has 0 amide bonds. The van der Waals surface area contributed by atoms with Gasteiger partial charge in [0.15, 0.2) is 5.69 Å². The van der Waals surface area contributed by atoms with Gasteiger partial charge in [-0.25, -0.2) is 14.4 Å². The van der Waals surface area contributed by atoms with Crippen LogP contribution in [0.15, 0.2) is 99.4 Å². The van der Waals surface area contributed by atoms with Gasteiger partial charge in [-0.1, -0.05) is 18.2 Å². The van der Waals surface area contributed by atoms with Crippen LogP contribution in [0.2, 0.25) is 0 Å². The van der Waals surface area contributed by atoms with Crippen molar-refractivity contribution in [3.05, 3.63) is 121 Å². The van der Waals surface area contributed by atoms with Crippen LogP contribution in [-0.4, -0.2) is 29.7 Å². The van der Waals surface area contributed by atoms with Crippen molar-refractivity contribution in [2.75, 3.05) is 0 Å². The zero-order valence-electron chi connectivity index (χ0n) is 20.8. The third-order valence-corrected chi connectivity index (χ3v) is 6.95. The molecule has 0 unspecified atom stereocenters. The highest BCUT2D eigenvalue weighted by atomic mass is 32.1. The molecule has 5 aromatic rings. The molecule has 0 N–H and O–H groups in total. The lowest BCUT2D eigenvalue weighted by molar-refractivity contribution is -0.384. The molecule has 0 aliphatic heterocycles. The van der Waals surface area contributed by atoms with Crippen LogP contribution in [0.25, 0.3) is 16.9 Å². The van der Waals surface area contributed by atoms with E-state index in [1.54, 1.807) is 38.6 Å². The molecule has 2 aromatic carbocycles. The molecule has 3 heterocycles. The summed E-state index contributed by atoms with van der Waals surface area (Å²) in [7, 11) is 1.82. The molecular weight excluding hydrogens is 502 g/mol. The van der Waals surface area contributed by atoms with E-state index in [1.165, 1.54) is 23.5 Å². The maximum Gasteiger partial charge on any atom is 0.297 e. The second-order valence-corrected chi connectivity index (χ2v) is 9.30. The highest BCUT2D eigenvalue weighted by Crippen LogP contribution is 2.24. The minimum absolute atomic E-state index is 0.00159. The minimum Gasteiger partial charge on any atom is -0.283 e. The quantitative estimate of drug-likeness (QED) is 0.180. The van der Waals surface area contributed by atoms with E-state index >= 15 is 0 Å². The van der Waals surface area contributed by atoms with Gasteiger partial charge < -0.3 is 0 Å². The molecule has 10 nitrogen and oxygen atoms in total. The predicted octanol–water partition coefficient (Wildman–Crippen LogP) is 4.82. The number of nitro groups is 1. The minimum atomic E-state index is -0.437. The van der Waals surface area contributed by atoms with Crippen LogP contribution in [-0.2, 0) is 7.05 Å². The van der Waals surface area contributed by atoms with Crippen molar-refractivity contribution >= 4 is 28.4 Å². The second-order valence-electron chi connectivity index (χ2n) is 8.46. The zero-order chi connectivity index (χ0) is 26.8. The Balaban J connectivity index is 1.72. The summed E-state index contributed by atoms with van der Waals surface area (Å²) in [6.45, 7) is 3.72. The van der Waals surface area contributed by atoms with Gasteiger partial charge in [-0.2, -0.15) is 5.10 Å². The fraction of sp³-hybridized carbons (Fsp3) is 0.111. The highest BCUT2D eigenvalue weighted by Gasteiger charge is 2.17. The lowest BCUT2D eigenvalue weighted by Gasteiger charge is -2.07. The zero-order valence-corrected chi connectivity index (χ0v) is 21.7. The average molecular weight is 526 g/mol. The second kappa shape index (κ2) is 10.2. The SMILES string of the molecule is CC(=Nn1c(-c2ccc([N+](=O)[O-])cc2)csc1=Nc1c(C)n(C)n(-c2ccccc2)c1=O)c1ccncc1. The summed E-state index contributed by atoms with van der Waals surface area (Å²) in [4.78, 5) is 33.5. The first-order valence-electron chi connectivity index (χ1n) is 11.6. The molecule has 190 valence electrons. The Morgan fingerprint density at radius 1 is 1.03 bits per heavy atom. The molecule has 0 aliphatic carbocycles. The summed E-state index contributed by atoms with van der Waals surface area (Å²) in [6.07, 6.45) is 3.38. The van der Waals surface area contributed by atoms with Gasteiger partial charge >= 0.3 is 0 Å². The fourth-order valence-electron chi connectivity index (χ4n) is 4.01. The first-order valence-corrected chi connectivity index (χ1v) is 12.5. The molecule has 0 bridgehead atoms. The van der Waals surface area contributed by atoms with Crippen LogP contribution < -0.4 is 10.4 Å². The summed E-state index contributed by atoms with van der Waals surface area (Å²) < 4.78 is 5.02. The number of hydrogen-bond donors (Lipinski definition) is 0. The largest absolute Gasteiger partial charge is 0.297 e. The number of hydrogen-bond acceptors (Lipinski definition) is 7. The molecule has 0 aliphatic rings. The first-order chi connectivity index (χ1) is 18.3. The summed E-state index contributed by atoms with van der Waals surface area (Å²) >= 11 is 1.33. The van der Waals surface area contributed by atoms with E-state index in [4.69, 9.17) is 10.1 Å². The molecular formula is C27H23N7O3S. The third kappa shape index (κ3) is 4.62. The van der Waals surface area contributed by atoms with Gasteiger partial charge in [-0.3, -0.25) is 24.6 Å². The smallest absolute Gasteiger partial charge is 0.283 e. The molecule has 38 heavy (non-hydrogen) atoms. The molecule has 0 fully saturated rings. The number of benzene rings is 2. The van der Waals surface area contributed by atoms with Gasteiger partial charge in [0.2, 0.25) is 4.80 Å². The number of para-hydroxylation sites is 1. The number of nitro benzene ring substituents is 1. The molecule has 0 saturated heterocycles. The van der Waals surface area contributed by atoms with E-state index in [2.05, 4.69) is 4.98 Å². The molecule has 5 rings (SSSR count). The lowest BCUT2D eigenvalue weighted by atomic mass is 10.1. The van der Waals surface area contributed by atoms with Crippen LogP contribution in [0, 0.1) is 17.0 Å². The van der Waals surface area contributed by atoms with Crippen LogP contribution in [0.5, 0.6) is 0 Å². The summed E-state index contributed by atoms with van der Waals surface area (Å²) in [5.74, 6) is 0. The molecule has 0 atom stereocenters. The highest BCUT2D eigenvalue weighted by molar-refractivity contribution is 7.07. The van der Waals surface area contributed by atoms with Gasteiger partial charge in [-0.05, 0) is 50.2 Å². The summed E-state index contributed by atoms with van der Waals surface area (Å²) in [5, 5.41) is 17.9. The van der Waals surface area contributed by atoms with Gasteiger partial charge in [0.05, 0.1) is 27.7 Å². The van der Waals surface area contributed by atoms with Gasteiger partial charge in [0.25, 0.3) is 11.2 Å². The van der Waals surface area contributed by atoms with E-state index in [0.29, 0.717) is 27.6 Å². The van der Waals surface area contributed by atoms with Crippen LogP contribution in [0.3, 0.4) is 0 Å². The van der Waals surface area contributed by atoms with Crippen LogP contribution >= 0.6 is 11.3 Å². The predicted molar refractivity (Wildman–Crippen MR) is 147 cm³/mol. The Bertz CT molecular complexity index is 1780. The van der Waals surface area contributed by atoms with Crippen molar-refractivity contribution in [2.24, 2.45) is 17.1 Å². The molecule has 0 radical (unpaired) electrons. The van der Waals surface area contributed by atoms with Crippen molar-refractivity contribution < 1.29 is 4.92 Å². The van der Waals surface area contributed by atoms with Crippen molar-refractivity contribution in [1.82, 2.24) is 19.0 Å². The van der Waals surface area contributed by atoms with Gasteiger partial charge in [0, 0.05) is 48.1 Å². The maximum atomic E-state index is 13.5. The van der Waals surface area contributed by atoms with Crippen molar-refractivity contribution in [1.29, 1.82) is 0 Å². The Labute approximate surface area is 221 Å². The van der Waals surface area contributed by atoms with E-state index in [9.17, 15) is 14.9 Å². The Morgan fingerprint density at radius 3 is 2.37 bits per heavy atom. The normalized spacial score (nSPS) is 12.2.